The van der Waals surface area contributed by atoms with Crippen LogP contribution in [0.3, 0.4) is 0 Å². The SMILES string of the molecule is C[C@@H](N)c1cncn1CCOCC1CC1. The van der Waals surface area contributed by atoms with E-state index in [4.69, 9.17) is 10.5 Å². The maximum atomic E-state index is 5.82. The highest BCUT2D eigenvalue weighted by Gasteiger charge is 2.20. The van der Waals surface area contributed by atoms with Crippen LogP contribution in [0.15, 0.2) is 12.5 Å². The molecule has 4 nitrogen and oxygen atoms in total. The molecule has 1 aliphatic carbocycles. The maximum absolute atomic E-state index is 5.82. The molecule has 1 aliphatic rings. The molecule has 1 aromatic heterocycles. The summed E-state index contributed by atoms with van der Waals surface area (Å²) in [6, 6.07) is 0.0379. The van der Waals surface area contributed by atoms with Gasteiger partial charge in [-0.05, 0) is 25.7 Å². The molecule has 2 rings (SSSR count). The van der Waals surface area contributed by atoms with Crippen molar-refractivity contribution in [3.63, 3.8) is 0 Å². The number of nitrogens with two attached hydrogens (primary N) is 1. The lowest BCUT2D eigenvalue weighted by molar-refractivity contribution is 0.116. The molecule has 2 N–H and O–H groups in total. The van der Waals surface area contributed by atoms with Crippen molar-refractivity contribution in [1.82, 2.24) is 9.55 Å². The molecule has 0 radical (unpaired) electrons. The maximum Gasteiger partial charge on any atom is 0.0949 e. The number of hydrogen-bond acceptors (Lipinski definition) is 3. The fraction of sp³-hybridized carbons (Fsp3) is 0.727. The van der Waals surface area contributed by atoms with Gasteiger partial charge in [0.05, 0.1) is 18.6 Å². The van der Waals surface area contributed by atoms with Crippen molar-refractivity contribution in [3.8, 4) is 0 Å². The lowest BCUT2D eigenvalue weighted by Gasteiger charge is -2.10. The van der Waals surface area contributed by atoms with Gasteiger partial charge in [0.25, 0.3) is 0 Å². The number of ether oxygens (including phenoxy) is 1. The lowest BCUT2D eigenvalue weighted by Crippen LogP contribution is -2.14. The van der Waals surface area contributed by atoms with E-state index in [0.717, 1.165) is 31.4 Å². The first-order chi connectivity index (χ1) is 7.27. The zero-order chi connectivity index (χ0) is 10.7. The first kappa shape index (κ1) is 10.6. The normalized spacial score (nSPS) is 18.0. The summed E-state index contributed by atoms with van der Waals surface area (Å²) in [7, 11) is 0. The summed E-state index contributed by atoms with van der Waals surface area (Å²) in [6.07, 6.45) is 6.33. The van der Waals surface area contributed by atoms with Gasteiger partial charge in [-0.15, -0.1) is 0 Å². The van der Waals surface area contributed by atoms with Crippen molar-refractivity contribution < 1.29 is 4.74 Å². The third kappa shape index (κ3) is 3.04. The van der Waals surface area contributed by atoms with Crippen molar-refractivity contribution in [2.24, 2.45) is 11.7 Å². The van der Waals surface area contributed by atoms with Gasteiger partial charge in [0.1, 0.15) is 0 Å². The van der Waals surface area contributed by atoms with E-state index < -0.39 is 0 Å². The highest BCUT2D eigenvalue weighted by Crippen LogP contribution is 2.28. The van der Waals surface area contributed by atoms with Gasteiger partial charge in [0.15, 0.2) is 0 Å². The van der Waals surface area contributed by atoms with Crippen molar-refractivity contribution in [2.45, 2.75) is 32.4 Å². The molecular formula is C11H19N3O. The van der Waals surface area contributed by atoms with Gasteiger partial charge in [0, 0.05) is 25.4 Å². The van der Waals surface area contributed by atoms with Gasteiger partial charge in [-0.1, -0.05) is 0 Å². The van der Waals surface area contributed by atoms with E-state index in [0.29, 0.717) is 0 Å². The van der Waals surface area contributed by atoms with Crippen LogP contribution in [-0.2, 0) is 11.3 Å². The Bertz CT molecular complexity index is 305. The molecule has 1 fully saturated rings. The minimum Gasteiger partial charge on any atom is -0.379 e. The topological polar surface area (TPSA) is 53.1 Å². The molecule has 1 atom stereocenters. The Hall–Kier alpha value is -0.870. The van der Waals surface area contributed by atoms with Crippen molar-refractivity contribution in [2.75, 3.05) is 13.2 Å². The van der Waals surface area contributed by atoms with E-state index in [9.17, 15) is 0 Å². The van der Waals surface area contributed by atoms with Crippen LogP contribution in [0.2, 0.25) is 0 Å². The standard InChI is InChI=1S/C11H19N3O/c1-9(12)11-6-13-8-14(11)4-5-15-7-10-2-3-10/h6,8-10H,2-5,7,12H2,1H3/t9-/m1/s1. The van der Waals surface area contributed by atoms with Gasteiger partial charge in [-0.2, -0.15) is 0 Å². The predicted octanol–water partition coefficient (Wildman–Crippen LogP) is 1.33. The molecular weight excluding hydrogens is 190 g/mol. The van der Waals surface area contributed by atoms with Gasteiger partial charge in [-0.3, -0.25) is 0 Å². The number of imidazole rings is 1. The molecule has 1 heterocycles. The number of hydrogen-bond donors (Lipinski definition) is 1. The smallest absolute Gasteiger partial charge is 0.0949 e. The average molecular weight is 209 g/mol. The summed E-state index contributed by atoms with van der Waals surface area (Å²) in [4.78, 5) is 4.10. The van der Waals surface area contributed by atoms with E-state index in [-0.39, 0.29) is 6.04 Å². The molecule has 0 aliphatic heterocycles. The van der Waals surface area contributed by atoms with Crippen LogP contribution in [0.25, 0.3) is 0 Å². The second-order valence-electron chi connectivity index (χ2n) is 4.32. The fourth-order valence-electron chi connectivity index (χ4n) is 1.59. The van der Waals surface area contributed by atoms with E-state index in [1.54, 1.807) is 0 Å². The summed E-state index contributed by atoms with van der Waals surface area (Å²) in [5, 5.41) is 0. The highest BCUT2D eigenvalue weighted by molar-refractivity contribution is 5.02. The Balaban J connectivity index is 1.73. The van der Waals surface area contributed by atoms with Gasteiger partial charge >= 0.3 is 0 Å². The third-order valence-electron chi connectivity index (χ3n) is 2.74. The number of rotatable bonds is 6. The van der Waals surface area contributed by atoms with Crippen molar-refractivity contribution >= 4 is 0 Å². The van der Waals surface area contributed by atoms with E-state index >= 15 is 0 Å². The molecule has 0 bridgehead atoms. The highest BCUT2D eigenvalue weighted by atomic mass is 16.5. The molecule has 0 aromatic carbocycles. The number of aromatic nitrogens is 2. The van der Waals surface area contributed by atoms with Crippen LogP contribution in [0.1, 0.15) is 31.5 Å². The van der Waals surface area contributed by atoms with Gasteiger partial charge in [-0.25, -0.2) is 4.98 Å². The zero-order valence-corrected chi connectivity index (χ0v) is 9.22. The van der Waals surface area contributed by atoms with Crippen LogP contribution in [0.4, 0.5) is 0 Å². The third-order valence-corrected chi connectivity index (χ3v) is 2.74. The monoisotopic (exact) mass is 209 g/mol. The van der Waals surface area contributed by atoms with Crippen LogP contribution >= 0.6 is 0 Å². The summed E-state index contributed by atoms with van der Waals surface area (Å²) in [5.41, 5.74) is 6.89. The summed E-state index contributed by atoms with van der Waals surface area (Å²) in [5.74, 6) is 0.834. The Kier molecular flexibility index (Phi) is 3.38. The molecule has 0 spiro atoms. The van der Waals surface area contributed by atoms with Crippen LogP contribution in [0, 0.1) is 5.92 Å². The Morgan fingerprint density at radius 3 is 3.13 bits per heavy atom. The van der Waals surface area contributed by atoms with Crippen LogP contribution in [0.5, 0.6) is 0 Å². The zero-order valence-electron chi connectivity index (χ0n) is 9.22. The molecule has 1 saturated carbocycles. The largest absolute Gasteiger partial charge is 0.379 e. The minimum atomic E-state index is 0.0379. The predicted molar refractivity (Wildman–Crippen MR) is 58.4 cm³/mol. The molecule has 0 amide bonds. The summed E-state index contributed by atoms with van der Waals surface area (Å²) >= 11 is 0. The van der Waals surface area contributed by atoms with E-state index in [1.807, 2.05) is 19.4 Å². The average Bonchev–Trinajstić information content (AvgIpc) is 2.90. The Labute approximate surface area is 90.4 Å². The molecule has 4 heteroatoms. The van der Waals surface area contributed by atoms with E-state index in [2.05, 4.69) is 9.55 Å². The molecule has 84 valence electrons. The molecule has 0 saturated heterocycles. The number of nitrogens with zero attached hydrogens (tertiary/aromatic N) is 2. The first-order valence-corrected chi connectivity index (χ1v) is 5.60. The van der Waals surface area contributed by atoms with Crippen molar-refractivity contribution in [1.29, 1.82) is 0 Å². The molecule has 15 heavy (non-hydrogen) atoms. The minimum absolute atomic E-state index is 0.0379. The Morgan fingerprint density at radius 2 is 2.47 bits per heavy atom. The first-order valence-electron chi connectivity index (χ1n) is 5.60. The second kappa shape index (κ2) is 4.77. The fourth-order valence-corrected chi connectivity index (χ4v) is 1.59. The summed E-state index contributed by atoms with van der Waals surface area (Å²) < 4.78 is 7.64. The molecule has 0 unspecified atom stereocenters. The summed E-state index contributed by atoms with van der Waals surface area (Å²) in [6.45, 7) is 4.50. The van der Waals surface area contributed by atoms with E-state index in [1.165, 1.54) is 12.8 Å². The quantitative estimate of drug-likeness (QED) is 0.719. The van der Waals surface area contributed by atoms with Crippen molar-refractivity contribution in [3.05, 3.63) is 18.2 Å². The van der Waals surface area contributed by atoms with Crippen LogP contribution < -0.4 is 5.73 Å². The van der Waals surface area contributed by atoms with Crippen LogP contribution in [-0.4, -0.2) is 22.8 Å². The van der Waals surface area contributed by atoms with Gasteiger partial charge in [0.2, 0.25) is 0 Å². The molecule has 1 aromatic rings. The Morgan fingerprint density at radius 1 is 1.67 bits per heavy atom. The van der Waals surface area contributed by atoms with Gasteiger partial charge < -0.3 is 15.0 Å². The second-order valence-corrected chi connectivity index (χ2v) is 4.32. The lowest BCUT2D eigenvalue weighted by atomic mass is 10.3.